The van der Waals surface area contributed by atoms with Gasteiger partial charge in [0.25, 0.3) is 0 Å². The molecule has 5 heteroatoms. The number of methoxy groups -OCH3 is 1. The molecule has 0 bridgehead atoms. The van der Waals surface area contributed by atoms with E-state index in [2.05, 4.69) is 10.6 Å². The Labute approximate surface area is 137 Å². The molecule has 1 fully saturated rings. The average molecular weight is 318 g/mol. The van der Waals surface area contributed by atoms with Crippen molar-refractivity contribution in [3.05, 3.63) is 29.8 Å². The van der Waals surface area contributed by atoms with E-state index in [-0.39, 0.29) is 5.91 Å². The Morgan fingerprint density at radius 2 is 1.83 bits per heavy atom. The summed E-state index contributed by atoms with van der Waals surface area (Å²) >= 11 is 0. The predicted octanol–water partition coefficient (Wildman–Crippen LogP) is 3.11. The molecular formula is C18H26N2O3. The third-order valence-corrected chi connectivity index (χ3v) is 4.25. The van der Waals surface area contributed by atoms with Crippen LogP contribution < -0.4 is 10.6 Å². The van der Waals surface area contributed by atoms with Gasteiger partial charge in [-0.15, -0.1) is 0 Å². The topological polar surface area (TPSA) is 67.4 Å². The largest absolute Gasteiger partial charge is 0.465 e. The number of esters is 1. The fourth-order valence-corrected chi connectivity index (χ4v) is 2.97. The van der Waals surface area contributed by atoms with Crippen molar-refractivity contribution in [2.75, 3.05) is 19.0 Å². The number of amides is 1. The van der Waals surface area contributed by atoms with E-state index in [9.17, 15) is 9.59 Å². The number of ether oxygens (including phenoxy) is 1. The Balaban J connectivity index is 1.79. The molecule has 126 valence electrons. The molecule has 0 unspecified atom stereocenters. The summed E-state index contributed by atoms with van der Waals surface area (Å²) in [7, 11) is 1.33. The van der Waals surface area contributed by atoms with E-state index < -0.39 is 5.97 Å². The maximum atomic E-state index is 12.1. The quantitative estimate of drug-likeness (QED) is 0.625. The molecule has 2 N–H and O–H groups in total. The normalized spacial score (nSPS) is 15.7. The molecule has 5 nitrogen and oxygen atoms in total. The molecule has 0 aromatic heterocycles. The van der Waals surface area contributed by atoms with Gasteiger partial charge in [-0.05, 0) is 25.0 Å². The number of carbonyl (C=O) groups is 2. The van der Waals surface area contributed by atoms with Crippen LogP contribution in [0.25, 0.3) is 0 Å². The lowest BCUT2D eigenvalue weighted by Crippen LogP contribution is -2.31. The maximum absolute atomic E-state index is 12.1. The number of para-hydroxylation sites is 1. The number of hydrogen-bond acceptors (Lipinski definition) is 4. The van der Waals surface area contributed by atoms with E-state index in [4.69, 9.17) is 4.74 Å². The second kappa shape index (κ2) is 9.30. The molecule has 1 aromatic carbocycles. The first-order chi connectivity index (χ1) is 11.2. The Morgan fingerprint density at radius 3 is 2.52 bits per heavy atom. The van der Waals surface area contributed by atoms with Crippen molar-refractivity contribution in [2.24, 2.45) is 0 Å². The molecule has 0 aliphatic heterocycles. The maximum Gasteiger partial charge on any atom is 0.339 e. The summed E-state index contributed by atoms with van der Waals surface area (Å²) in [6.45, 7) is 0.664. The van der Waals surface area contributed by atoms with Crippen LogP contribution in [-0.4, -0.2) is 31.6 Å². The van der Waals surface area contributed by atoms with Gasteiger partial charge in [0.05, 0.1) is 18.4 Å². The molecule has 0 saturated heterocycles. The van der Waals surface area contributed by atoms with Crippen LogP contribution in [0.2, 0.25) is 0 Å². The summed E-state index contributed by atoms with van der Waals surface area (Å²) in [6.07, 6.45) is 7.99. The van der Waals surface area contributed by atoms with Gasteiger partial charge in [-0.2, -0.15) is 0 Å². The molecular weight excluding hydrogens is 292 g/mol. The van der Waals surface area contributed by atoms with Crippen molar-refractivity contribution in [3.8, 4) is 0 Å². The fourth-order valence-electron chi connectivity index (χ4n) is 2.97. The third-order valence-electron chi connectivity index (χ3n) is 4.25. The molecule has 1 aromatic rings. The van der Waals surface area contributed by atoms with Crippen LogP contribution in [0.1, 0.15) is 55.3 Å². The zero-order chi connectivity index (χ0) is 16.5. The van der Waals surface area contributed by atoms with E-state index in [1.165, 1.54) is 45.6 Å². The summed E-state index contributed by atoms with van der Waals surface area (Å²) in [6, 6.07) is 7.42. The van der Waals surface area contributed by atoms with Gasteiger partial charge in [0.2, 0.25) is 5.91 Å². The van der Waals surface area contributed by atoms with Crippen LogP contribution in [0.15, 0.2) is 24.3 Å². The van der Waals surface area contributed by atoms with Crippen molar-refractivity contribution >= 4 is 17.6 Å². The summed E-state index contributed by atoms with van der Waals surface area (Å²) < 4.78 is 4.73. The van der Waals surface area contributed by atoms with Gasteiger partial charge in [-0.25, -0.2) is 4.79 Å². The van der Waals surface area contributed by atoms with Crippen molar-refractivity contribution in [2.45, 2.75) is 51.0 Å². The predicted molar refractivity (Wildman–Crippen MR) is 90.5 cm³/mol. The molecule has 1 aliphatic rings. The van der Waals surface area contributed by atoms with E-state index in [0.717, 1.165) is 0 Å². The number of rotatable bonds is 6. The Hall–Kier alpha value is -1.88. The zero-order valence-electron chi connectivity index (χ0n) is 13.8. The van der Waals surface area contributed by atoms with Gasteiger partial charge in [0.15, 0.2) is 0 Å². The van der Waals surface area contributed by atoms with E-state index in [1.54, 1.807) is 24.3 Å². The van der Waals surface area contributed by atoms with E-state index in [1.807, 2.05) is 0 Å². The van der Waals surface area contributed by atoms with Gasteiger partial charge < -0.3 is 15.4 Å². The van der Waals surface area contributed by atoms with Crippen LogP contribution >= 0.6 is 0 Å². The molecule has 1 aliphatic carbocycles. The second-order valence-electron chi connectivity index (χ2n) is 5.98. The first-order valence-electron chi connectivity index (χ1n) is 8.41. The van der Waals surface area contributed by atoms with Gasteiger partial charge in [0, 0.05) is 19.0 Å². The van der Waals surface area contributed by atoms with Crippen LogP contribution in [0.4, 0.5) is 5.69 Å². The number of benzene rings is 1. The smallest absolute Gasteiger partial charge is 0.339 e. The minimum absolute atomic E-state index is 0.0949. The number of anilines is 1. The summed E-state index contributed by atoms with van der Waals surface area (Å²) in [5.41, 5.74) is 0.874. The molecule has 2 rings (SSSR count). The fraction of sp³-hybridized carbons (Fsp3) is 0.556. The molecule has 1 saturated carbocycles. The zero-order valence-corrected chi connectivity index (χ0v) is 13.8. The highest BCUT2D eigenvalue weighted by molar-refractivity contribution is 6.01. The highest BCUT2D eigenvalue weighted by Gasteiger charge is 2.14. The number of carbonyl (C=O) groups excluding carboxylic acids is 2. The van der Waals surface area contributed by atoms with E-state index in [0.29, 0.717) is 30.3 Å². The molecule has 0 spiro atoms. The Morgan fingerprint density at radius 1 is 1.13 bits per heavy atom. The van der Waals surface area contributed by atoms with Crippen LogP contribution in [0, 0.1) is 0 Å². The third kappa shape index (κ3) is 5.67. The molecule has 0 heterocycles. The van der Waals surface area contributed by atoms with Crippen molar-refractivity contribution in [3.63, 3.8) is 0 Å². The van der Waals surface area contributed by atoms with Crippen LogP contribution in [0.3, 0.4) is 0 Å². The standard InChI is InChI=1S/C18H26N2O3/c1-23-18(22)15-10-6-7-11-16(15)20-17(21)12-13-19-14-8-4-2-3-5-9-14/h6-7,10-11,14,19H,2-5,8-9,12-13H2,1H3,(H,20,21). The Bertz CT molecular complexity index is 523. The first-order valence-corrected chi connectivity index (χ1v) is 8.41. The van der Waals surface area contributed by atoms with Crippen molar-refractivity contribution < 1.29 is 14.3 Å². The van der Waals surface area contributed by atoms with Crippen LogP contribution in [-0.2, 0) is 9.53 Å². The van der Waals surface area contributed by atoms with Gasteiger partial charge in [-0.3, -0.25) is 4.79 Å². The van der Waals surface area contributed by atoms with Gasteiger partial charge >= 0.3 is 5.97 Å². The average Bonchev–Trinajstić information content (AvgIpc) is 2.83. The monoisotopic (exact) mass is 318 g/mol. The Kier molecular flexibility index (Phi) is 7.07. The summed E-state index contributed by atoms with van der Waals surface area (Å²) in [5.74, 6) is -0.542. The summed E-state index contributed by atoms with van der Waals surface area (Å²) in [4.78, 5) is 23.8. The lowest BCUT2D eigenvalue weighted by Gasteiger charge is -2.16. The number of hydrogen-bond donors (Lipinski definition) is 2. The SMILES string of the molecule is COC(=O)c1ccccc1NC(=O)CCNC1CCCCCC1. The molecule has 1 amide bonds. The molecule has 0 atom stereocenters. The minimum Gasteiger partial charge on any atom is -0.465 e. The summed E-state index contributed by atoms with van der Waals surface area (Å²) in [5, 5.41) is 6.27. The molecule has 23 heavy (non-hydrogen) atoms. The highest BCUT2D eigenvalue weighted by atomic mass is 16.5. The van der Waals surface area contributed by atoms with E-state index >= 15 is 0 Å². The van der Waals surface area contributed by atoms with Crippen molar-refractivity contribution in [1.82, 2.24) is 5.32 Å². The van der Waals surface area contributed by atoms with Gasteiger partial charge in [-0.1, -0.05) is 37.8 Å². The van der Waals surface area contributed by atoms with Crippen LogP contribution in [0.5, 0.6) is 0 Å². The van der Waals surface area contributed by atoms with Gasteiger partial charge in [0.1, 0.15) is 0 Å². The lowest BCUT2D eigenvalue weighted by atomic mass is 10.1. The highest BCUT2D eigenvalue weighted by Crippen LogP contribution is 2.18. The second-order valence-corrected chi connectivity index (χ2v) is 5.98. The minimum atomic E-state index is -0.447. The number of nitrogens with one attached hydrogen (secondary N) is 2. The van der Waals surface area contributed by atoms with Crippen molar-refractivity contribution in [1.29, 1.82) is 0 Å². The lowest BCUT2D eigenvalue weighted by molar-refractivity contribution is -0.116. The first kappa shape index (κ1) is 17.5. The molecule has 0 radical (unpaired) electrons.